The molecule has 1 fully saturated rings. The van der Waals surface area contributed by atoms with Crippen molar-refractivity contribution in [2.45, 2.75) is 10.7 Å². The van der Waals surface area contributed by atoms with Crippen molar-refractivity contribution in [2.75, 3.05) is 6.54 Å². The fraction of sp³-hybridized carbons (Fsp3) is 0.333. The highest BCUT2D eigenvalue weighted by Gasteiger charge is 2.31. The Morgan fingerprint density at radius 2 is 2.20 bits per heavy atom. The minimum atomic E-state index is 0.0748. The number of hydrogen-bond donors (Lipinski definition) is 2. The Kier molecular flexibility index (Phi) is 2.31. The third kappa shape index (κ3) is 1.61. The van der Waals surface area contributed by atoms with Crippen molar-refractivity contribution in [2.24, 2.45) is 11.7 Å². The van der Waals surface area contributed by atoms with Crippen LogP contribution in [0.5, 0.6) is 0 Å². The molecule has 78 valence electrons. The summed E-state index contributed by atoms with van der Waals surface area (Å²) in [4.78, 5) is 0. The molecule has 1 aliphatic carbocycles. The largest absolute Gasteiger partial charge is 0.307 e. The third-order valence-corrected chi connectivity index (χ3v) is 4.42. The van der Waals surface area contributed by atoms with Crippen LogP contribution in [0.25, 0.3) is 6.08 Å². The van der Waals surface area contributed by atoms with Gasteiger partial charge in [0.15, 0.2) is 0 Å². The van der Waals surface area contributed by atoms with Crippen LogP contribution in [0.1, 0.15) is 16.4 Å². The molecule has 2 nitrogen and oxygen atoms in total. The Morgan fingerprint density at radius 3 is 3.13 bits per heavy atom. The minimum Gasteiger partial charge on any atom is -0.307 e. The summed E-state index contributed by atoms with van der Waals surface area (Å²) in [5, 5.41) is 3.83. The first-order chi connectivity index (χ1) is 7.34. The second-order valence-electron chi connectivity index (χ2n) is 4.04. The van der Waals surface area contributed by atoms with Gasteiger partial charge in [0.2, 0.25) is 0 Å². The van der Waals surface area contributed by atoms with Gasteiger partial charge in [0.1, 0.15) is 5.50 Å². The van der Waals surface area contributed by atoms with Crippen molar-refractivity contribution in [3.05, 3.63) is 41.5 Å². The first kappa shape index (κ1) is 9.46. The quantitative estimate of drug-likeness (QED) is 0.699. The summed E-state index contributed by atoms with van der Waals surface area (Å²) in [6.07, 6.45) is 4.54. The molecule has 0 saturated carbocycles. The zero-order valence-electron chi connectivity index (χ0n) is 8.39. The van der Waals surface area contributed by atoms with E-state index in [9.17, 15) is 0 Å². The van der Waals surface area contributed by atoms with Crippen molar-refractivity contribution in [3.8, 4) is 0 Å². The molecule has 0 spiro atoms. The maximum Gasteiger partial charge on any atom is 0.104 e. The molecule has 0 bridgehead atoms. The van der Waals surface area contributed by atoms with Crippen LogP contribution in [0, 0.1) is 5.92 Å². The van der Waals surface area contributed by atoms with Crippen LogP contribution < -0.4 is 11.1 Å². The third-order valence-electron chi connectivity index (χ3n) is 3.06. The van der Waals surface area contributed by atoms with Crippen LogP contribution in [0.15, 0.2) is 30.3 Å². The topological polar surface area (TPSA) is 38.0 Å². The number of nitrogens with one attached hydrogen (secondary N) is 1. The van der Waals surface area contributed by atoms with E-state index in [1.165, 1.54) is 11.1 Å². The Bertz CT molecular complexity index is 402. The van der Waals surface area contributed by atoms with Crippen LogP contribution in [0.3, 0.4) is 0 Å². The Morgan fingerprint density at radius 1 is 1.33 bits per heavy atom. The molecule has 3 N–H and O–H groups in total. The average molecular weight is 218 g/mol. The lowest BCUT2D eigenvalue weighted by molar-refractivity contribution is 0.507. The van der Waals surface area contributed by atoms with Gasteiger partial charge in [-0.3, -0.25) is 5.32 Å². The SMILES string of the molecule is NC1NCC2C=Cc3ccccc3C2S1. The predicted octanol–water partition coefficient (Wildman–Crippen LogP) is 1.95. The first-order valence-electron chi connectivity index (χ1n) is 5.26. The zero-order chi connectivity index (χ0) is 10.3. The summed E-state index contributed by atoms with van der Waals surface area (Å²) in [7, 11) is 0. The molecule has 0 radical (unpaired) electrons. The highest BCUT2D eigenvalue weighted by molar-refractivity contribution is 8.00. The fourth-order valence-electron chi connectivity index (χ4n) is 2.29. The molecular formula is C12H14N2S. The normalized spacial score (nSPS) is 33.3. The van der Waals surface area contributed by atoms with E-state index in [-0.39, 0.29) is 5.50 Å². The summed E-state index contributed by atoms with van der Waals surface area (Å²) in [5.74, 6) is 0.588. The predicted molar refractivity (Wildman–Crippen MR) is 65.3 cm³/mol. The number of benzene rings is 1. The van der Waals surface area contributed by atoms with E-state index in [2.05, 4.69) is 41.7 Å². The molecule has 0 aromatic heterocycles. The maximum atomic E-state index is 5.93. The van der Waals surface area contributed by atoms with E-state index in [4.69, 9.17) is 5.73 Å². The molecule has 1 aromatic carbocycles. The van der Waals surface area contributed by atoms with Crippen LogP contribution in [0.4, 0.5) is 0 Å². The van der Waals surface area contributed by atoms with E-state index in [0.717, 1.165) is 6.54 Å². The van der Waals surface area contributed by atoms with Crippen LogP contribution in [-0.4, -0.2) is 12.0 Å². The molecule has 1 aliphatic heterocycles. The molecule has 15 heavy (non-hydrogen) atoms. The maximum absolute atomic E-state index is 5.93. The summed E-state index contributed by atoms with van der Waals surface area (Å²) >= 11 is 1.83. The van der Waals surface area contributed by atoms with Crippen molar-refractivity contribution in [1.82, 2.24) is 5.32 Å². The summed E-state index contributed by atoms with van der Waals surface area (Å²) < 4.78 is 0. The monoisotopic (exact) mass is 218 g/mol. The molecule has 1 aromatic rings. The first-order valence-corrected chi connectivity index (χ1v) is 6.20. The van der Waals surface area contributed by atoms with Gasteiger partial charge in [-0.25, -0.2) is 0 Å². The van der Waals surface area contributed by atoms with Gasteiger partial charge in [0.05, 0.1) is 0 Å². The molecular weight excluding hydrogens is 204 g/mol. The molecule has 1 saturated heterocycles. The van der Waals surface area contributed by atoms with Gasteiger partial charge in [-0.15, -0.1) is 11.8 Å². The Hall–Kier alpha value is -0.770. The van der Waals surface area contributed by atoms with Crippen molar-refractivity contribution >= 4 is 17.8 Å². The molecule has 3 unspecified atom stereocenters. The van der Waals surface area contributed by atoms with Gasteiger partial charge in [0, 0.05) is 17.7 Å². The van der Waals surface area contributed by atoms with E-state index >= 15 is 0 Å². The molecule has 1 heterocycles. The lowest BCUT2D eigenvalue weighted by Crippen LogP contribution is -2.44. The second-order valence-corrected chi connectivity index (χ2v) is 5.33. The van der Waals surface area contributed by atoms with Gasteiger partial charge in [-0.1, -0.05) is 36.4 Å². The molecule has 2 aliphatic rings. The van der Waals surface area contributed by atoms with E-state index in [1.54, 1.807) is 0 Å². The summed E-state index contributed by atoms with van der Waals surface area (Å²) in [5.41, 5.74) is 8.79. The van der Waals surface area contributed by atoms with Crippen molar-refractivity contribution in [1.29, 1.82) is 0 Å². The van der Waals surface area contributed by atoms with E-state index < -0.39 is 0 Å². The second kappa shape index (κ2) is 3.67. The number of thioether (sulfide) groups is 1. The number of fused-ring (bicyclic) bond motifs is 3. The van der Waals surface area contributed by atoms with E-state index in [0.29, 0.717) is 11.2 Å². The summed E-state index contributed by atoms with van der Waals surface area (Å²) in [6.45, 7) is 0.990. The minimum absolute atomic E-state index is 0.0748. The Labute approximate surface area is 93.9 Å². The molecule has 3 heteroatoms. The lowest BCUT2D eigenvalue weighted by Gasteiger charge is -2.36. The van der Waals surface area contributed by atoms with Crippen molar-refractivity contribution in [3.63, 3.8) is 0 Å². The number of rotatable bonds is 0. The van der Waals surface area contributed by atoms with Gasteiger partial charge >= 0.3 is 0 Å². The van der Waals surface area contributed by atoms with E-state index in [1.807, 2.05) is 11.8 Å². The molecule has 3 rings (SSSR count). The number of nitrogens with two attached hydrogens (primary N) is 1. The smallest absolute Gasteiger partial charge is 0.104 e. The molecule has 0 amide bonds. The summed E-state index contributed by atoms with van der Waals surface area (Å²) in [6, 6.07) is 8.61. The van der Waals surface area contributed by atoms with Gasteiger partial charge < -0.3 is 5.73 Å². The van der Waals surface area contributed by atoms with Crippen molar-refractivity contribution < 1.29 is 0 Å². The Balaban J connectivity index is 2.01. The standard InChI is InChI=1S/C12H14N2S/c13-12-14-7-9-6-5-8-3-1-2-4-10(8)11(9)15-12/h1-6,9,11-12,14H,7,13H2. The van der Waals surface area contributed by atoms with Crippen LogP contribution in [-0.2, 0) is 0 Å². The highest BCUT2D eigenvalue weighted by Crippen LogP contribution is 2.44. The highest BCUT2D eigenvalue weighted by atomic mass is 32.2. The average Bonchev–Trinajstić information content (AvgIpc) is 2.29. The van der Waals surface area contributed by atoms with Crippen LogP contribution >= 0.6 is 11.8 Å². The van der Waals surface area contributed by atoms with Crippen LogP contribution in [0.2, 0.25) is 0 Å². The van der Waals surface area contributed by atoms with Gasteiger partial charge in [0.25, 0.3) is 0 Å². The lowest BCUT2D eigenvalue weighted by atomic mass is 9.89. The number of hydrogen-bond acceptors (Lipinski definition) is 3. The zero-order valence-corrected chi connectivity index (χ0v) is 9.21. The van der Waals surface area contributed by atoms with Gasteiger partial charge in [-0.05, 0) is 11.1 Å². The molecule has 3 atom stereocenters. The fourth-order valence-corrected chi connectivity index (χ4v) is 3.55. The van der Waals surface area contributed by atoms with Gasteiger partial charge in [-0.2, -0.15) is 0 Å².